The molecule has 0 aliphatic carbocycles. The predicted molar refractivity (Wildman–Crippen MR) is 78.1 cm³/mol. The van der Waals surface area contributed by atoms with Gasteiger partial charge in [-0.1, -0.05) is 38.1 Å². The largest absolute Gasteiger partial charge is 0.385 e. The number of hydrogen-bond acceptors (Lipinski definition) is 2. The molecule has 0 bridgehead atoms. The summed E-state index contributed by atoms with van der Waals surface area (Å²) < 4.78 is 5.74. The summed E-state index contributed by atoms with van der Waals surface area (Å²) in [6, 6.07) is 8.44. The molecule has 1 aromatic carbocycles. The van der Waals surface area contributed by atoms with E-state index in [0.717, 1.165) is 12.0 Å². The van der Waals surface area contributed by atoms with Gasteiger partial charge < -0.3 is 9.84 Å². The van der Waals surface area contributed by atoms with Crippen LogP contribution in [-0.4, -0.2) is 17.3 Å². The molecule has 2 unspecified atom stereocenters. The summed E-state index contributed by atoms with van der Waals surface area (Å²) >= 11 is 0. The molecule has 1 N–H and O–H groups in total. The molecule has 106 valence electrons. The molecule has 0 spiro atoms. The predicted octanol–water partition coefficient (Wildman–Crippen LogP) is 3.66. The first-order chi connectivity index (χ1) is 8.89. The van der Waals surface area contributed by atoms with Crippen molar-refractivity contribution in [1.29, 1.82) is 0 Å². The number of hydrogen-bond donors (Lipinski definition) is 1. The zero-order valence-electron chi connectivity index (χ0n) is 12.5. The first-order valence-electron chi connectivity index (χ1n) is 7.36. The second-order valence-electron chi connectivity index (χ2n) is 6.50. The maximum Gasteiger partial charge on any atom is 0.0945 e. The highest BCUT2D eigenvalue weighted by Gasteiger charge is 2.38. The number of rotatable bonds is 3. The second-order valence-corrected chi connectivity index (χ2v) is 6.50. The van der Waals surface area contributed by atoms with Crippen molar-refractivity contribution in [2.75, 3.05) is 0 Å². The van der Waals surface area contributed by atoms with Crippen LogP contribution in [0.2, 0.25) is 0 Å². The zero-order valence-corrected chi connectivity index (χ0v) is 12.5. The van der Waals surface area contributed by atoms with Gasteiger partial charge >= 0.3 is 0 Å². The van der Waals surface area contributed by atoms with Crippen LogP contribution in [0.5, 0.6) is 0 Å². The first kappa shape index (κ1) is 14.5. The van der Waals surface area contributed by atoms with Crippen molar-refractivity contribution in [2.24, 2.45) is 5.92 Å². The molecule has 0 amide bonds. The quantitative estimate of drug-likeness (QED) is 0.900. The van der Waals surface area contributed by atoms with Crippen molar-refractivity contribution in [2.45, 2.75) is 64.8 Å². The van der Waals surface area contributed by atoms with Crippen LogP contribution in [0.25, 0.3) is 0 Å². The minimum Gasteiger partial charge on any atom is -0.385 e. The van der Waals surface area contributed by atoms with Crippen molar-refractivity contribution >= 4 is 0 Å². The van der Waals surface area contributed by atoms with Crippen molar-refractivity contribution in [3.63, 3.8) is 0 Å². The Hall–Kier alpha value is -0.860. The lowest BCUT2D eigenvalue weighted by Crippen LogP contribution is -2.41. The fourth-order valence-corrected chi connectivity index (χ4v) is 3.22. The van der Waals surface area contributed by atoms with E-state index < -0.39 is 5.60 Å². The highest BCUT2D eigenvalue weighted by atomic mass is 16.5. The van der Waals surface area contributed by atoms with Gasteiger partial charge in [-0.25, -0.2) is 0 Å². The van der Waals surface area contributed by atoms with Crippen LogP contribution < -0.4 is 0 Å². The van der Waals surface area contributed by atoms with Crippen LogP contribution in [0.15, 0.2) is 24.3 Å². The lowest BCUT2D eigenvalue weighted by Gasteiger charge is -2.39. The third-order valence-corrected chi connectivity index (χ3v) is 3.82. The monoisotopic (exact) mass is 262 g/mol. The van der Waals surface area contributed by atoms with Gasteiger partial charge in [0.1, 0.15) is 0 Å². The lowest BCUT2D eigenvalue weighted by molar-refractivity contribution is -0.135. The average molecular weight is 262 g/mol. The molecule has 2 heteroatoms. The third kappa shape index (κ3) is 3.58. The van der Waals surface area contributed by atoms with Gasteiger partial charge in [0.05, 0.1) is 17.8 Å². The van der Waals surface area contributed by atoms with E-state index in [1.807, 2.05) is 13.8 Å². The third-order valence-electron chi connectivity index (χ3n) is 3.82. The minimum atomic E-state index is -0.732. The normalized spacial score (nSPS) is 31.7. The lowest BCUT2D eigenvalue weighted by atomic mass is 9.81. The van der Waals surface area contributed by atoms with Crippen molar-refractivity contribution in [3.8, 4) is 0 Å². The maximum absolute atomic E-state index is 11.0. The van der Waals surface area contributed by atoms with E-state index in [1.165, 1.54) is 5.56 Å². The van der Waals surface area contributed by atoms with E-state index in [1.54, 1.807) is 0 Å². The Bertz CT molecular complexity index is 415. The molecule has 0 saturated carbocycles. The van der Waals surface area contributed by atoms with Gasteiger partial charge in [0.15, 0.2) is 0 Å². The van der Waals surface area contributed by atoms with E-state index >= 15 is 0 Å². The van der Waals surface area contributed by atoms with Crippen molar-refractivity contribution in [3.05, 3.63) is 35.4 Å². The van der Waals surface area contributed by atoms with E-state index in [9.17, 15) is 5.11 Å². The molecule has 2 atom stereocenters. The summed E-state index contributed by atoms with van der Waals surface area (Å²) in [7, 11) is 0. The highest BCUT2D eigenvalue weighted by Crippen LogP contribution is 2.37. The van der Waals surface area contributed by atoms with Gasteiger partial charge in [-0.2, -0.15) is 0 Å². The molecule has 19 heavy (non-hydrogen) atoms. The minimum absolute atomic E-state index is 0.113. The smallest absolute Gasteiger partial charge is 0.0945 e. The fourth-order valence-electron chi connectivity index (χ4n) is 3.22. The van der Waals surface area contributed by atoms with E-state index in [2.05, 4.69) is 38.1 Å². The van der Waals surface area contributed by atoms with Crippen molar-refractivity contribution < 1.29 is 9.84 Å². The standard InChI is InChI=1S/C17H26O2/c1-12(2)8-15-6-5-7-16(9-15)17(18)10-13(3)19-14(4)11-17/h5-7,9,12-14,18H,8,10-11H2,1-4H3. The molecule has 0 aromatic heterocycles. The van der Waals surface area contributed by atoms with Crippen LogP contribution in [0.4, 0.5) is 0 Å². The van der Waals surface area contributed by atoms with E-state index in [0.29, 0.717) is 18.8 Å². The molecular formula is C17H26O2. The summed E-state index contributed by atoms with van der Waals surface area (Å²) in [6.45, 7) is 8.52. The van der Waals surface area contributed by atoms with Gasteiger partial charge in [-0.05, 0) is 37.3 Å². The summed E-state index contributed by atoms with van der Waals surface area (Å²) in [5, 5.41) is 11.0. The SMILES string of the molecule is CC(C)Cc1cccc(C2(O)CC(C)OC(C)C2)c1. The van der Waals surface area contributed by atoms with Gasteiger partial charge in [0.2, 0.25) is 0 Å². The zero-order chi connectivity index (χ0) is 14.0. The summed E-state index contributed by atoms with van der Waals surface area (Å²) in [5.41, 5.74) is 1.63. The van der Waals surface area contributed by atoms with Gasteiger partial charge in [0.25, 0.3) is 0 Å². The van der Waals surface area contributed by atoms with Crippen molar-refractivity contribution in [1.82, 2.24) is 0 Å². The molecule has 1 heterocycles. The number of aliphatic hydroxyl groups is 1. The summed E-state index contributed by atoms with van der Waals surface area (Å²) in [6.07, 6.45) is 2.65. The summed E-state index contributed by atoms with van der Waals surface area (Å²) in [5.74, 6) is 0.637. The fraction of sp³-hybridized carbons (Fsp3) is 0.647. The number of ether oxygens (including phenoxy) is 1. The molecule has 2 rings (SSSR count). The summed E-state index contributed by atoms with van der Waals surface area (Å²) in [4.78, 5) is 0. The van der Waals surface area contributed by atoms with Crippen LogP contribution in [0.1, 0.15) is 51.7 Å². The molecular weight excluding hydrogens is 236 g/mol. The first-order valence-corrected chi connectivity index (χ1v) is 7.36. The van der Waals surface area contributed by atoms with Crippen LogP contribution >= 0.6 is 0 Å². The highest BCUT2D eigenvalue weighted by molar-refractivity contribution is 5.29. The van der Waals surface area contributed by atoms with E-state index in [4.69, 9.17) is 4.74 Å². The molecule has 1 fully saturated rings. The molecule has 1 aliphatic rings. The molecule has 0 radical (unpaired) electrons. The topological polar surface area (TPSA) is 29.5 Å². The van der Waals surface area contributed by atoms with Crippen LogP contribution in [0.3, 0.4) is 0 Å². The second kappa shape index (κ2) is 5.64. The Labute approximate surface area is 116 Å². The number of benzene rings is 1. The average Bonchev–Trinajstić information content (AvgIpc) is 2.26. The Kier molecular flexibility index (Phi) is 4.32. The Balaban J connectivity index is 2.24. The Morgan fingerprint density at radius 3 is 2.47 bits per heavy atom. The molecule has 1 aromatic rings. The Morgan fingerprint density at radius 1 is 1.26 bits per heavy atom. The van der Waals surface area contributed by atoms with E-state index in [-0.39, 0.29) is 12.2 Å². The maximum atomic E-state index is 11.0. The van der Waals surface area contributed by atoms with Crippen LogP contribution in [0, 0.1) is 5.92 Å². The van der Waals surface area contributed by atoms with Gasteiger partial charge in [-0.15, -0.1) is 0 Å². The molecule has 1 aliphatic heterocycles. The Morgan fingerprint density at radius 2 is 1.89 bits per heavy atom. The van der Waals surface area contributed by atoms with Gasteiger partial charge in [-0.3, -0.25) is 0 Å². The molecule has 1 saturated heterocycles. The van der Waals surface area contributed by atoms with Gasteiger partial charge in [0, 0.05) is 12.8 Å². The van der Waals surface area contributed by atoms with Crippen LogP contribution in [-0.2, 0) is 16.8 Å². The molecule has 2 nitrogen and oxygen atoms in total.